The van der Waals surface area contributed by atoms with Crippen LogP contribution in [0.5, 0.6) is 0 Å². The summed E-state index contributed by atoms with van der Waals surface area (Å²) >= 11 is 0. The Labute approximate surface area is 153 Å². The van der Waals surface area contributed by atoms with Gasteiger partial charge in [-0.25, -0.2) is 4.39 Å². The van der Waals surface area contributed by atoms with Crippen molar-refractivity contribution in [3.63, 3.8) is 0 Å². The van der Waals surface area contributed by atoms with Gasteiger partial charge in [0.2, 0.25) is 0 Å². The van der Waals surface area contributed by atoms with Crippen LogP contribution in [0.15, 0.2) is 53.1 Å². The first-order valence-corrected chi connectivity index (χ1v) is 9.15. The van der Waals surface area contributed by atoms with E-state index in [4.69, 9.17) is 4.74 Å². The Morgan fingerprint density at radius 2 is 2.15 bits per heavy atom. The van der Waals surface area contributed by atoms with E-state index in [1.54, 1.807) is 18.5 Å². The maximum absolute atomic E-state index is 13.8. The fourth-order valence-electron chi connectivity index (χ4n) is 3.34. The van der Waals surface area contributed by atoms with Crippen molar-refractivity contribution in [2.45, 2.75) is 39.2 Å². The fourth-order valence-corrected chi connectivity index (χ4v) is 3.34. The average molecular weight is 359 g/mol. The molecule has 1 aliphatic carbocycles. The van der Waals surface area contributed by atoms with E-state index in [0.717, 1.165) is 32.4 Å². The molecule has 0 saturated carbocycles. The largest absolute Gasteiger partial charge is 0.495 e. The normalized spacial score (nSPS) is 20.2. The minimum atomic E-state index is -0.282. The van der Waals surface area contributed by atoms with Crippen molar-refractivity contribution in [1.82, 2.24) is 14.9 Å². The summed E-state index contributed by atoms with van der Waals surface area (Å²) in [5.41, 5.74) is 0.632. The summed E-state index contributed by atoms with van der Waals surface area (Å²) in [4.78, 5) is 20.9. The standard InChI is InChI=1S/C20H26FN3O2/c1-20(9-14-26-18-6-4-2-3-5-16(18)21)7-12-24(13-8-20)15-17-19(25)23-11-10-22-17/h2-5,10-11H,6-9,12-15H2,1H3,(H,23,25). The molecule has 2 aliphatic rings. The van der Waals surface area contributed by atoms with Gasteiger partial charge in [-0.1, -0.05) is 25.2 Å². The van der Waals surface area contributed by atoms with E-state index in [-0.39, 0.29) is 16.8 Å². The predicted molar refractivity (Wildman–Crippen MR) is 99.1 cm³/mol. The van der Waals surface area contributed by atoms with Crippen molar-refractivity contribution >= 4 is 0 Å². The lowest BCUT2D eigenvalue weighted by Gasteiger charge is -2.39. The quantitative estimate of drug-likeness (QED) is 0.845. The van der Waals surface area contributed by atoms with Crippen LogP contribution in [0.3, 0.4) is 0 Å². The number of allylic oxidation sites excluding steroid dienone is 5. The van der Waals surface area contributed by atoms with Gasteiger partial charge in [-0.05, 0) is 43.8 Å². The van der Waals surface area contributed by atoms with Crippen LogP contribution >= 0.6 is 0 Å². The number of rotatable bonds is 6. The van der Waals surface area contributed by atoms with Gasteiger partial charge in [0.25, 0.3) is 5.56 Å². The molecule has 6 heteroatoms. The molecule has 1 N–H and O–H groups in total. The van der Waals surface area contributed by atoms with Crippen LogP contribution < -0.4 is 5.56 Å². The lowest BCUT2D eigenvalue weighted by Crippen LogP contribution is -2.40. The van der Waals surface area contributed by atoms with Crippen molar-refractivity contribution in [1.29, 1.82) is 0 Å². The smallest absolute Gasteiger partial charge is 0.270 e. The number of H-pyrrole nitrogens is 1. The van der Waals surface area contributed by atoms with E-state index in [1.165, 1.54) is 6.08 Å². The fraction of sp³-hybridized carbons (Fsp3) is 0.500. The number of ether oxygens (including phenoxy) is 1. The Hall–Kier alpha value is -2.21. The summed E-state index contributed by atoms with van der Waals surface area (Å²) in [6.07, 6.45) is 13.5. The number of piperidine rings is 1. The van der Waals surface area contributed by atoms with Crippen LogP contribution in [0.2, 0.25) is 0 Å². The van der Waals surface area contributed by atoms with Crippen molar-refractivity contribution in [2.24, 2.45) is 5.41 Å². The van der Waals surface area contributed by atoms with Gasteiger partial charge in [0.15, 0.2) is 5.83 Å². The van der Waals surface area contributed by atoms with Gasteiger partial charge >= 0.3 is 0 Å². The molecule has 3 rings (SSSR count). The third-order valence-corrected chi connectivity index (χ3v) is 5.26. The highest BCUT2D eigenvalue weighted by Gasteiger charge is 2.30. The first-order chi connectivity index (χ1) is 12.6. The number of hydrogen-bond donors (Lipinski definition) is 1. The van der Waals surface area contributed by atoms with E-state index >= 15 is 0 Å². The highest BCUT2D eigenvalue weighted by Crippen LogP contribution is 2.35. The molecule has 5 nitrogen and oxygen atoms in total. The molecule has 0 radical (unpaired) electrons. The second-order valence-corrected chi connectivity index (χ2v) is 7.31. The summed E-state index contributed by atoms with van der Waals surface area (Å²) in [6.45, 7) is 5.23. The number of likely N-dealkylation sites (tertiary alicyclic amines) is 1. The van der Waals surface area contributed by atoms with E-state index in [2.05, 4.69) is 21.8 Å². The minimum Gasteiger partial charge on any atom is -0.495 e. The van der Waals surface area contributed by atoms with Gasteiger partial charge < -0.3 is 9.72 Å². The molecule has 0 bridgehead atoms. The molecule has 0 spiro atoms. The Morgan fingerprint density at radius 3 is 2.92 bits per heavy atom. The SMILES string of the molecule is CC1(CCOC2=C(F)C=CC=CC2)CCN(Cc2ncc[nH]c2=O)CC1. The number of nitrogens with one attached hydrogen (secondary N) is 1. The molecule has 2 heterocycles. The van der Waals surface area contributed by atoms with Gasteiger partial charge in [-0.3, -0.25) is 14.7 Å². The van der Waals surface area contributed by atoms with Crippen LogP contribution in [-0.2, 0) is 11.3 Å². The minimum absolute atomic E-state index is 0.115. The highest BCUT2D eigenvalue weighted by atomic mass is 19.1. The molecule has 0 unspecified atom stereocenters. The Bertz CT molecular complexity index is 758. The van der Waals surface area contributed by atoms with Crippen molar-refractivity contribution in [3.05, 3.63) is 64.3 Å². The van der Waals surface area contributed by atoms with Crippen LogP contribution in [0.1, 0.15) is 38.3 Å². The van der Waals surface area contributed by atoms with E-state index in [1.807, 2.05) is 12.2 Å². The Balaban J connectivity index is 1.46. The summed E-state index contributed by atoms with van der Waals surface area (Å²) in [5, 5.41) is 0. The third kappa shape index (κ3) is 4.91. The van der Waals surface area contributed by atoms with E-state index in [0.29, 0.717) is 31.0 Å². The highest BCUT2D eigenvalue weighted by molar-refractivity contribution is 5.25. The third-order valence-electron chi connectivity index (χ3n) is 5.26. The average Bonchev–Trinajstić information content (AvgIpc) is 2.84. The van der Waals surface area contributed by atoms with Gasteiger partial charge in [0.1, 0.15) is 11.5 Å². The molecular formula is C20H26FN3O2. The molecule has 1 aliphatic heterocycles. The lowest BCUT2D eigenvalue weighted by molar-refractivity contribution is 0.0744. The number of hydrogen-bond acceptors (Lipinski definition) is 4. The lowest BCUT2D eigenvalue weighted by atomic mass is 9.78. The molecule has 0 atom stereocenters. The molecule has 0 amide bonds. The second-order valence-electron chi connectivity index (χ2n) is 7.31. The number of aromatic amines is 1. The first-order valence-electron chi connectivity index (χ1n) is 9.15. The maximum atomic E-state index is 13.8. The van der Waals surface area contributed by atoms with Gasteiger partial charge in [-0.15, -0.1) is 0 Å². The summed E-state index contributed by atoms with van der Waals surface area (Å²) < 4.78 is 19.6. The maximum Gasteiger partial charge on any atom is 0.270 e. The van der Waals surface area contributed by atoms with Crippen molar-refractivity contribution < 1.29 is 9.13 Å². The van der Waals surface area contributed by atoms with Crippen LogP contribution in [0.25, 0.3) is 0 Å². The molecule has 26 heavy (non-hydrogen) atoms. The molecule has 140 valence electrons. The molecule has 0 aromatic carbocycles. The molecule has 1 saturated heterocycles. The van der Waals surface area contributed by atoms with Crippen LogP contribution in [0, 0.1) is 5.41 Å². The molecule has 1 fully saturated rings. The molecular weight excluding hydrogens is 333 g/mol. The Kier molecular flexibility index (Phi) is 6.04. The van der Waals surface area contributed by atoms with Crippen molar-refractivity contribution in [3.8, 4) is 0 Å². The topological polar surface area (TPSA) is 58.2 Å². The monoisotopic (exact) mass is 359 g/mol. The van der Waals surface area contributed by atoms with E-state index < -0.39 is 0 Å². The zero-order chi connectivity index (χ0) is 18.4. The van der Waals surface area contributed by atoms with Crippen LogP contribution in [-0.4, -0.2) is 34.6 Å². The second kappa shape index (κ2) is 8.45. The van der Waals surface area contributed by atoms with Crippen molar-refractivity contribution in [2.75, 3.05) is 19.7 Å². The van der Waals surface area contributed by atoms with E-state index in [9.17, 15) is 9.18 Å². The van der Waals surface area contributed by atoms with Crippen LogP contribution in [0.4, 0.5) is 4.39 Å². The van der Waals surface area contributed by atoms with Gasteiger partial charge in [-0.2, -0.15) is 0 Å². The first kappa shape index (κ1) is 18.6. The van der Waals surface area contributed by atoms with Gasteiger partial charge in [0.05, 0.1) is 6.61 Å². The zero-order valence-electron chi connectivity index (χ0n) is 15.2. The predicted octanol–water partition coefficient (Wildman–Crippen LogP) is 3.48. The number of halogens is 1. The molecule has 1 aromatic rings. The zero-order valence-corrected chi connectivity index (χ0v) is 15.2. The number of nitrogens with zero attached hydrogens (tertiary/aromatic N) is 2. The summed E-state index contributed by atoms with van der Waals surface area (Å²) in [5.74, 6) is 0.140. The number of aromatic nitrogens is 2. The summed E-state index contributed by atoms with van der Waals surface area (Å²) in [6, 6.07) is 0. The summed E-state index contributed by atoms with van der Waals surface area (Å²) in [7, 11) is 0. The Morgan fingerprint density at radius 1 is 1.35 bits per heavy atom. The molecule has 1 aromatic heterocycles. The van der Waals surface area contributed by atoms with Gasteiger partial charge in [0, 0.05) is 25.4 Å².